The predicted molar refractivity (Wildman–Crippen MR) is 80.6 cm³/mol. The monoisotopic (exact) mass is 280 g/mol. The maximum atomic E-state index is 13.8. The number of nitrogens with two attached hydrogens (primary N) is 1. The lowest BCUT2D eigenvalue weighted by atomic mass is 9.85. The predicted octanol–water partition coefficient (Wildman–Crippen LogP) is 3.54. The van der Waals surface area contributed by atoms with Gasteiger partial charge in [0.2, 0.25) is 0 Å². The highest BCUT2D eigenvalue weighted by atomic mass is 19.1. The second-order valence-corrected chi connectivity index (χ2v) is 5.66. The molecule has 112 valence electrons. The normalized spacial score (nSPS) is 17.8. The van der Waals surface area contributed by atoms with Gasteiger partial charge in [-0.25, -0.2) is 4.39 Å². The summed E-state index contributed by atoms with van der Waals surface area (Å²) in [7, 11) is 1.58. The molecule has 1 aliphatic carbocycles. The first-order chi connectivity index (χ1) is 9.72. The Labute approximate surface area is 120 Å². The number of rotatable bonds is 6. The van der Waals surface area contributed by atoms with Gasteiger partial charge in [-0.3, -0.25) is 0 Å². The van der Waals surface area contributed by atoms with Crippen LogP contribution < -0.4 is 15.8 Å². The molecule has 1 saturated carbocycles. The van der Waals surface area contributed by atoms with E-state index in [1.807, 2.05) is 0 Å². The lowest BCUT2D eigenvalue weighted by molar-refractivity contribution is 0.324. The average Bonchev–Trinajstić information content (AvgIpc) is 2.49. The van der Waals surface area contributed by atoms with Crippen molar-refractivity contribution in [2.75, 3.05) is 19.0 Å². The van der Waals surface area contributed by atoms with Crippen molar-refractivity contribution in [3.63, 3.8) is 0 Å². The second-order valence-electron chi connectivity index (χ2n) is 5.66. The number of halogens is 1. The van der Waals surface area contributed by atoms with Crippen molar-refractivity contribution in [3.8, 4) is 5.75 Å². The molecule has 0 heterocycles. The molecular formula is C16H25FN2O. The molecule has 1 unspecified atom stereocenters. The van der Waals surface area contributed by atoms with Gasteiger partial charge in [-0.2, -0.15) is 0 Å². The van der Waals surface area contributed by atoms with Crippen LogP contribution in [0.15, 0.2) is 18.2 Å². The maximum absolute atomic E-state index is 13.8. The standard InChI is InChI=1S/C16H25FN2O/c1-20-14-7-8-15(17)16(10-14)19-13(11-18)9-12-5-3-2-4-6-12/h7-8,10,12-13,19H,2-6,9,11,18H2,1H3. The summed E-state index contributed by atoms with van der Waals surface area (Å²) in [5.41, 5.74) is 6.32. The first kappa shape index (κ1) is 15.1. The molecule has 1 aromatic rings. The van der Waals surface area contributed by atoms with E-state index < -0.39 is 0 Å². The Hall–Kier alpha value is -1.29. The van der Waals surface area contributed by atoms with Crippen LogP contribution >= 0.6 is 0 Å². The van der Waals surface area contributed by atoms with Gasteiger partial charge in [-0.05, 0) is 24.5 Å². The summed E-state index contributed by atoms with van der Waals surface area (Å²) in [5.74, 6) is 1.12. The van der Waals surface area contributed by atoms with Crippen molar-refractivity contribution in [1.29, 1.82) is 0 Å². The van der Waals surface area contributed by atoms with Crippen LogP contribution in [0.2, 0.25) is 0 Å². The molecule has 1 aliphatic rings. The third kappa shape index (κ3) is 4.10. The van der Waals surface area contributed by atoms with Crippen LogP contribution in [0.5, 0.6) is 5.75 Å². The van der Waals surface area contributed by atoms with E-state index in [9.17, 15) is 4.39 Å². The van der Waals surface area contributed by atoms with Gasteiger partial charge in [0, 0.05) is 18.7 Å². The quantitative estimate of drug-likeness (QED) is 0.838. The summed E-state index contributed by atoms with van der Waals surface area (Å²) in [4.78, 5) is 0. The number of methoxy groups -OCH3 is 1. The van der Waals surface area contributed by atoms with Gasteiger partial charge in [0.15, 0.2) is 0 Å². The Morgan fingerprint density at radius 2 is 2.10 bits per heavy atom. The SMILES string of the molecule is COc1ccc(F)c(NC(CN)CC2CCCCC2)c1. The summed E-state index contributed by atoms with van der Waals surface area (Å²) in [5, 5.41) is 3.24. The smallest absolute Gasteiger partial charge is 0.146 e. The average molecular weight is 280 g/mol. The molecule has 0 radical (unpaired) electrons. The molecule has 0 aromatic heterocycles. The Morgan fingerprint density at radius 3 is 2.75 bits per heavy atom. The molecule has 2 rings (SSSR count). The maximum Gasteiger partial charge on any atom is 0.146 e. The van der Waals surface area contributed by atoms with Gasteiger partial charge in [0.1, 0.15) is 11.6 Å². The van der Waals surface area contributed by atoms with Crippen molar-refractivity contribution in [2.45, 2.75) is 44.6 Å². The van der Waals surface area contributed by atoms with E-state index in [-0.39, 0.29) is 11.9 Å². The third-order valence-corrected chi connectivity index (χ3v) is 4.16. The van der Waals surface area contributed by atoms with Crippen molar-refractivity contribution in [3.05, 3.63) is 24.0 Å². The van der Waals surface area contributed by atoms with Gasteiger partial charge in [-0.15, -0.1) is 0 Å². The Kier molecular flexibility index (Phi) is 5.65. The highest BCUT2D eigenvalue weighted by Crippen LogP contribution is 2.29. The van der Waals surface area contributed by atoms with Crippen LogP contribution in [0.1, 0.15) is 38.5 Å². The summed E-state index contributed by atoms with van der Waals surface area (Å²) >= 11 is 0. The Balaban J connectivity index is 1.98. The first-order valence-electron chi connectivity index (χ1n) is 7.53. The number of hydrogen-bond acceptors (Lipinski definition) is 3. The third-order valence-electron chi connectivity index (χ3n) is 4.16. The molecule has 20 heavy (non-hydrogen) atoms. The topological polar surface area (TPSA) is 47.3 Å². The van der Waals surface area contributed by atoms with Gasteiger partial charge >= 0.3 is 0 Å². The molecule has 0 bridgehead atoms. The number of anilines is 1. The van der Waals surface area contributed by atoms with E-state index in [1.54, 1.807) is 19.2 Å². The van der Waals surface area contributed by atoms with E-state index in [1.165, 1.54) is 38.2 Å². The number of benzene rings is 1. The van der Waals surface area contributed by atoms with Crippen LogP contribution in [0.4, 0.5) is 10.1 Å². The molecule has 1 fully saturated rings. The van der Waals surface area contributed by atoms with Crippen LogP contribution in [0.25, 0.3) is 0 Å². The van der Waals surface area contributed by atoms with Crippen molar-refractivity contribution in [2.24, 2.45) is 11.7 Å². The minimum absolute atomic E-state index is 0.125. The lowest BCUT2D eigenvalue weighted by Gasteiger charge is -2.27. The van der Waals surface area contributed by atoms with E-state index in [0.29, 0.717) is 18.0 Å². The van der Waals surface area contributed by atoms with E-state index in [2.05, 4.69) is 5.32 Å². The largest absolute Gasteiger partial charge is 0.497 e. The fourth-order valence-corrected chi connectivity index (χ4v) is 3.00. The molecule has 0 aliphatic heterocycles. The van der Waals surface area contributed by atoms with Gasteiger partial charge in [-0.1, -0.05) is 32.1 Å². The molecule has 0 amide bonds. The van der Waals surface area contributed by atoms with E-state index in [4.69, 9.17) is 10.5 Å². The molecule has 1 aromatic carbocycles. The minimum Gasteiger partial charge on any atom is -0.497 e. The minimum atomic E-state index is -0.257. The molecule has 4 heteroatoms. The van der Waals surface area contributed by atoms with Gasteiger partial charge < -0.3 is 15.8 Å². The fourth-order valence-electron chi connectivity index (χ4n) is 3.00. The number of ether oxygens (including phenoxy) is 1. The second kappa shape index (κ2) is 7.48. The molecule has 0 saturated heterocycles. The fraction of sp³-hybridized carbons (Fsp3) is 0.625. The van der Waals surface area contributed by atoms with Gasteiger partial charge in [0.05, 0.1) is 12.8 Å². The van der Waals surface area contributed by atoms with Crippen LogP contribution in [-0.2, 0) is 0 Å². The zero-order valence-electron chi connectivity index (χ0n) is 12.2. The van der Waals surface area contributed by atoms with E-state index in [0.717, 1.165) is 12.3 Å². The molecule has 1 atom stereocenters. The Bertz CT molecular complexity index is 419. The summed E-state index contributed by atoms with van der Waals surface area (Å²) in [6.45, 7) is 0.521. The molecule has 0 spiro atoms. The first-order valence-corrected chi connectivity index (χ1v) is 7.53. The van der Waals surface area contributed by atoms with E-state index >= 15 is 0 Å². The Morgan fingerprint density at radius 1 is 1.35 bits per heavy atom. The van der Waals surface area contributed by atoms with Crippen molar-refractivity contribution in [1.82, 2.24) is 0 Å². The molecular weight excluding hydrogens is 255 g/mol. The summed E-state index contributed by atoms with van der Waals surface area (Å²) < 4.78 is 19.0. The van der Waals surface area contributed by atoms with Gasteiger partial charge in [0.25, 0.3) is 0 Å². The van der Waals surface area contributed by atoms with Crippen molar-refractivity contribution >= 4 is 5.69 Å². The molecule has 3 nitrogen and oxygen atoms in total. The van der Waals surface area contributed by atoms with Crippen molar-refractivity contribution < 1.29 is 9.13 Å². The summed E-state index contributed by atoms with van der Waals surface area (Å²) in [6, 6.07) is 4.87. The highest BCUT2D eigenvalue weighted by molar-refractivity contribution is 5.50. The molecule has 3 N–H and O–H groups in total. The number of hydrogen-bond donors (Lipinski definition) is 2. The number of nitrogens with one attached hydrogen (secondary N) is 1. The lowest BCUT2D eigenvalue weighted by Crippen LogP contribution is -2.32. The van der Waals surface area contributed by atoms with Crippen LogP contribution in [0, 0.1) is 11.7 Å². The zero-order chi connectivity index (χ0) is 14.4. The highest BCUT2D eigenvalue weighted by Gasteiger charge is 2.19. The van der Waals surface area contributed by atoms with Crippen LogP contribution in [-0.4, -0.2) is 19.7 Å². The van der Waals surface area contributed by atoms with Crippen LogP contribution in [0.3, 0.4) is 0 Å². The summed E-state index contributed by atoms with van der Waals surface area (Å²) in [6.07, 6.45) is 7.55. The zero-order valence-corrected chi connectivity index (χ0v) is 12.2.